The first-order valence-corrected chi connectivity index (χ1v) is 6.04. The van der Waals surface area contributed by atoms with Crippen molar-refractivity contribution in [1.82, 2.24) is 4.57 Å². The second-order valence-corrected chi connectivity index (χ2v) is 4.55. The third-order valence-corrected chi connectivity index (χ3v) is 3.28. The SMILES string of the molecule is Cn1c(/C(O)=C/C(=O)C(=O)O)cc2cc3c(cc21)OCO3. The van der Waals surface area contributed by atoms with Crippen LogP contribution >= 0.6 is 0 Å². The molecule has 1 aliphatic rings. The molecule has 0 atom stereocenters. The van der Waals surface area contributed by atoms with Gasteiger partial charge in [0.1, 0.15) is 5.76 Å². The van der Waals surface area contributed by atoms with Gasteiger partial charge in [-0.1, -0.05) is 0 Å². The van der Waals surface area contributed by atoms with Crippen molar-refractivity contribution in [2.75, 3.05) is 6.79 Å². The Morgan fingerprint density at radius 3 is 2.52 bits per heavy atom. The van der Waals surface area contributed by atoms with Gasteiger partial charge in [-0.05, 0) is 12.1 Å². The summed E-state index contributed by atoms with van der Waals surface area (Å²) in [5.41, 5.74) is 1.08. The number of nitrogens with zero attached hydrogens (tertiary/aromatic N) is 1. The number of aromatic nitrogens is 1. The van der Waals surface area contributed by atoms with Crippen molar-refractivity contribution in [3.63, 3.8) is 0 Å². The van der Waals surface area contributed by atoms with Crippen LogP contribution in [-0.4, -0.2) is 33.3 Å². The lowest BCUT2D eigenvalue weighted by atomic mass is 10.2. The number of aryl methyl sites for hydroxylation is 1. The van der Waals surface area contributed by atoms with Crippen molar-refractivity contribution < 1.29 is 29.3 Å². The third kappa shape index (κ3) is 2.08. The summed E-state index contributed by atoms with van der Waals surface area (Å²) in [5, 5.41) is 19.3. The van der Waals surface area contributed by atoms with E-state index in [2.05, 4.69) is 0 Å². The van der Waals surface area contributed by atoms with E-state index in [0.717, 1.165) is 10.9 Å². The first-order chi connectivity index (χ1) is 9.97. The van der Waals surface area contributed by atoms with E-state index in [1.165, 1.54) is 0 Å². The second-order valence-electron chi connectivity index (χ2n) is 4.55. The van der Waals surface area contributed by atoms with Gasteiger partial charge in [0.05, 0.1) is 11.2 Å². The van der Waals surface area contributed by atoms with E-state index < -0.39 is 17.5 Å². The number of rotatable bonds is 3. The lowest BCUT2D eigenvalue weighted by molar-refractivity contribution is -0.146. The van der Waals surface area contributed by atoms with Crippen LogP contribution < -0.4 is 9.47 Å². The van der Waals surface area contributed by atoms with Gasteiger partial charge in [-0.25, -0.2) is 4.79 Å². The van der Waals surface area contributed by atoms with Crippen LogP contribution in [0.15, 0.2) is 24.3 Å². The Bertz CT molecular complexity index is 801. The monoisotopic (exact) mass is 289 g/mol. The summed E-state index contributed by atoms with van der Waals surface area (Å²) in [7, 11) is 1.69. The number of carbonyl (C=O) groups is 2. The molecule has 0 saturated carbocycles. The minimum absolute atomic E-state index is 0.163. The number of hydrogen-bond acceptors (Lipinski definition) is 5. The number of benzene rings is 1. The maximum absolute atomic E-state index is 11.1. The molecule has 0 spiro atoms. The number of ketones is 1. The zero-order valence-corrected chi connectivity index (χ0v) is 11.0. The minimum atomic E-state index is -1.62. The van der Waals surface area contributed by atoms with Crippen LogP contribution in [0, 0.1) is 0 Å². The van der Waals surface area contributed by atoms with E-state index in [-0.39, 0.29) is 6.79 Å². The van der Waals surface area contributed by atoms with Crippen molar-refractivity contribution >= 4 is 28.4 Å². The molecule has 0 aliphatic carbocycles. The number of aliphatic hydroxyl groups excluding tert-OH is 1. The number of hydrogen-bond donors (Lipinski definition) is 2. The Kier molecular flexibility index (Phi) is 2.83. The average molecular weight is 289 g/mol. The van der Waals surface area contributed by atoms with Crippen LogP contribution in [-0.2, 0) is 16.6 Å². The molecule has 0 bridgehead atoms. The smallest absolute Gasteiger partial charge is 0.376 e. The summed E-state index contributed by atoms with van der Waals surface area (Å²) >= 11 is 0. The van der Waals surface area contributed by atoms with Crippen LogP contribution in [0.25, 0.3) is 16.7 Å². The molecule has 2 heterocycles. The fourth-order valence-electron chi connectivity index (χ4n) is 2.23. The molecule has 2 N–H and O–H groups in total. The van der Waals surface area contributed by atoms with E-state index in [1.807, 2.05) is 0 Å². The van der Waals surface area contributed by atoms with Crippen molar-refractivity contribution in [2.45, 2.75) is 0 Å². The topological polar surface area (TPSA) is 98.0 Å². The van der Waals surface area contributed by atoms with Crippen LogP contribution in [0.5, 0.6) is 11.5 Å². The van der Waals surface area contributed by atoms with E-state index in [0.29, 0.717) is 23.3 Å². The first kappa shape index (κ1) is 13.0. The highest BCUT2D eigenvalue weighted by atomic mass is 16.7. The van der Waals surface area contributed by atoms with Crippen molar-refractivity contribution in [3.05, 3.63) is 30.0 Å². The molecule has 7 heteroatoms. The van der Waals surface area contributed by atoms with E-state index in [9.17, 15) is 14.7 Å². The molecule has 0 amide bonds. The minimum Gasteiger partial charge on any atom is -0.506 e. The molecule has 108 valence electrons. The molecule has 2 aromatic rings. The van der Waals surface area contributed by atoms with E-state index >= 15 is 0 Å². The van der Waals surface area contributed by atoms with Gasteiger partial charge in [0.15, 0.2) is 11.5 Å². The summed E-state index contributed by atoms with van der Waals surface area (Å²) in [6.45, 7) is 0.163. The first-order valence-electron chi connectivity index (χ1n) is 6.04. The molecule has 3 rings (SSSR count). The number of ether oxygens (including phenoxy) is 2. The predicted octanol–water partition coefficient (Wildman–Crippen LogP) is 1.46. The molecular weight excluding hydrogens is 278 g/mol. The number of carbonyl (C=O) groups excluding carboxylic acids is 1. The standard InChI is InChI=1S/C14H11NO6/c1-15-8-4-13-12(20-6-21-13)3-7(8)2-9(15)10(16)5-11(17)14(18)19/h2-5,16H,6H2,1H3,(H,18,19)/b10-5-. The Morgan fingerprint density at radius 1 is 1.19 bits per heavy atom. The summed E-state index contributed by atoms with van der Waals surface area (Å²) in [5.74, 6) is -2.03. The van der Waals surface area contributed by atoms with Crippen LogP contribution in [0.2, 0.25) is 0 Å². The molecule has 0 unspecified atom stereocenters. The van der Waals surface area contributed by atoms with E-state index in [4.69, 9.17) is 14.6 Å². The van der Waals surface area contributed by atoms with Gasteiger partial charge in [-0.15, -0.1) is 0 Å². The van der Waals surface area contributed by atoms with E-state index in [1.54, 1.807) is 29.8 Å². The highest BCUT2D eigenvalue weighted by molar-refractivity contribution is 6.38. The zero-order valence-electron chi connectivity index (χ0n) is 11.0. The molecule has 7 nitrogen and oxygen atoms in total. The largest absolute Gasteiger partial charge is 0.506 e. The molecular formula is C14H11NO6. The summed E-state index contributed by atoms with van der Waals surface area (Å²) in [6.07, 6.45) is 0.678. The fourth-order valence-corrected chi connectivity index (χ4v) is 2.23. The van der Waals surface area contributed by atoms with Gasteiger partial charge in [-0.3, -0.25) is 4.79 Å². The van der Waals surface area contributed by atoms with Crippen molar-refractivity contribution in [2.24, 2.45) is 7.05 Å². The highest BCUT2D eigenvalue weighted by Crippen LogP contribution is 2.37. The molecule has 0 radical (unpaired) electrons. The Balaban J connectivity index is 2.10. The average Bonchev–Trinajstić information content (AvgIpc) is 3.01. The number of carboxylic acid groups (broad SMARTS) is 1. The van der Waals surface area contributed by atoms with Crippen molar-refractivity contribution in [1.29, 1.82) is 0 Å². The van der Waals surface area contributed by atoms with Gasteiger partial charge in [0.2, 0.25) is 6.79 Å². The molecule has 0 fully saturated rings. The molecule has 21 heavy (non-hydrogen) atoms. The predicted molar refractivity (Wildman–Crippen MR) is 72.3 cm³/mol. The Labute approximate surface area is 118 Å². The summed E-state index contributed by atoms with van der Waals surface area (Å²) in [6, 6.07) is 5.15. The van der Waals surface area contributed by atoms with Crippen molar-refractivity contribution in [3.8, 4) is 11.5 Å². The number of carboxylic acids is 1. The fraction of sp³-hybridized carbons (Fsp3) is 0.143. The zero-order chi connectivity index (χ0) is 15.1. The second kappa shape index (κ2) is 4.55. The highest BCUT2D eigenvalue weighted by Gasteiger charge is 2.19. The van der Waals surface area contributed by atoms with Gasteiger partial charge in [0.25, 0.3) is 5.78 Å². The third-order valence-electron chi connectivity index (χ3n) is 3.28. The molecule has 1 aromatic heterocycles. The maximum atomic E-state index is 11.1. The quantitative estimate of drug-likeness (QED) is 0.504. The molecule has 1 aromatic carbocycles. The number of fused-ring (bicyclic) bond motifs is 2. The number of aliphatic carboxylic acids is 1. The van der Waals surface area contributed by atoms with Gasteiger partial charge in [-0.2, -0.15) is 0 Å². The Hall–Kier alpha value is -2.96. The van der Waals surface area contributed by atoms with Crippen LogP contribution in [0.4, 0.5) is 0 Å². The van der Waals surface area contributed by atoms with Gasteiger partial charge < -0.3 is 24.3 Å². The number of aliphatic hydroxyl groups is 1. The van der Waals surface area contributed by atoms with Crippen LogP contribution in [0.1, 0.15) is 5.69 Å². The molecule has 1 aliphatic heterocycles. The molecule has 0 saturated heterocycles. The normalized spacial score (nSPS) is 13.7. The Morgan fingerprint density at radius 2 is 1.86 bits per heavy atom. The lowest BCUT2D eigenvalue weighted by Crippen LogP contribution is -2.10. The van der Waals surface area contributed by atoms with Crippen LogP contribution in [0.3, 0.4) is 0 Å². The van der Waals surface area contributed by atoms with Gasteiger partial charge >= 0.3 is 5.97 Å². The van der Waals surface area contributed by atoms with Gasteiger partial charge in [0, 0.05) is 24.6 Å². The summed E-state index contributed by atoms with van der Waals surface area (Å²) < 4.78 is 12.2. The maximum Gasteiger partial charge on any atom is 0.376 e. The summed E-state index contributed by atoms with van der Waals surface area (Å²) in [4.78, 5) is 21.6. The lowest BCUT2D eigenvalue weighted by Gasteiger charge is -2.03.